The number of ether oxygens (including phenoxy) is 2. The smallest absolute Gasteiger partial charge is 0.206 e. The highest BCUT2D eigenvalue weighted by Gasteiger charge is 2.11. The number of aromatic nitrogens is 1. The molecule has 0 bridgehead atoms. The Balaban J connectivity index is 1.73. The third kappa shape index (κ3) is 3.99. The van der Waals surface area contributed by atoms with E-state index in [1.165, 1.54) is 0 Å². The molecule has 0 N–H and O–H groups in total. The number of hydrogen-bond donors (Lipinski definition) is 0. The molecule has 0 fully saturated rings. The second kappa shape index (κ2) is 8.10. The molecule has 0 spiro atoms. The van der Waals surface area contributed by atoms with Gasteiger partial charge in [-0.25, -0.2) is 4.68 Å². The van der Waals surface area contributed by atoms with Crippen molar-refractivity contribution >= 4 is 33.5 Å². The van der Waals surface area contributed by atoms with Crippen LogP contribution in [0.15, 0.2) is 62.4 Å². The van der Waals surface area contributed by atoms with E-state index in [-0.39, 0.29) is 0 Å². The Hall–Kier alpha value is -2.38. The first kappa shape index (κ1) is 18.0. The fourth-order valence-corrected chi connectivity index (χ4v) is 4.07. The number of hydrogen-bond acceptors (Lipinski definition) is 5. The highest BCUT2D eigenvalue weighted by molar-refractivity contribution is 9.10. The van der Waals surface area contributed by atoms with Crippen LogP contribution in [0.25, 0.3) is 11.3 Å². The number of fused-ring (bicyclic) bond motifs is 1. The van der Waals surface area contributed by atoms with Crippen LogP contribution in [0.5, 0.6) is 11.5 Å². The number of halogens is 1. The van der Waals surface area contributed by atoms with Crippen LogP contribution in [0.1, 0.15) is 12.5 Å². The van der Waals surface area contributed by atoms with Crippen LogP contribution in [-0.2, 0) is 0 Å². The van der Waals surface area contributed by atoms with Gasteiger partial charge in [0, 0.05) is 22.0 Å². The molecule has 0 saturated carbocycles. The summed E-state index contributed by atoms with van der Waals surface area (Å²) < 4.78 is 14.1. The van der Waals surface area contributed by atoms with Crippen molar-refractivity contribution in [3.63, 3.8) is 0 Å². The summed E-state index contributed by atoms with van der Waals surface area (Å²) in [6.45, 7) is 3.88. The van der Waals surface area contributed by atoms with Gasteiger partial charge in [-0.15, -0.1) is 11.3 Å². The molecule has 7 heteroatoms. The molecule has 0 unspecified atom stereocenters. The average molecular weight is 444 g/mol. The molecule has 0 radical (unpaired) electrons. The molecular formula is C20H18BrN3O2S. The zero-order chi connectivity index (χ0) is 18.6. The van der Waals surface area contributed by atoms with Gasteiger partial charge in [0.25, 0.3) is 0 Å². The van der Waals surface area contributed by atoms with Crippen molar-refractivity contribution in [3.8, 4) is 22.8 Å². The Morgan fingerprint density at radius 3 is 2.81 bits per heavy atom. The Morgan fingerprint density at radius 1 is 1.15 bits per heavy atom. The van der Waals surface area contributed by atoms with Crippen LogP contribution in [0.4, 0.5) is 0 Å². The minimum Gasteiger partial charge on any atom is -0.486 e. The van der Waals surface area contributed by atoms with Crippen molar-refractivity contribution in [3.05, 3.63) is 62.7 Å². The minimum atomic E-state index is 0.569. The Bertz CT molecular complexity index is 1060. The number of benzene rings is 2. The largest absolute Gasteiger partial charge is 0.486 e. The van der Waals surface area contributed by atoms with E-state index in [9.17, 15) is 0 Å². The van der Waals surface area contributed by atoms with Gasteiger partial charge in [0.15, 0.2) is 11.5 Å². The summed E-state index contributed by atoms with van der Waals surface area (Å²) in [5.74, 6) is 1.53. The monoisotopic (exact) mass is 443 g/mol. The quantitative estimate of drug-likeness (QED) is 0.555. The van der Waals surface area contributed by atoms with Crippen molar-refractivity contribution in [1.29, 1.82) is 0 Å². The second-order valence-electron chi connectivity index (χ2n) is 5.85. The van der Waals surface area contributed by atoms with Crippen molar-refractivity contribution < 1.29 is 9.47 Å². The molecule has 0 amide bonds. The lowest BCUT2D eigenvalue weighted by Gasteiger charge is -2.18. The lowest BCUT2D eigenvalue weighted by Crippen LogP contribution is -2.15. The number of thiazole rings is 1. The molecule has 27 heavy (non-hydrogen) atoms. The molecule has 1 aliphatic rings. The lowest BCUT2D eigenvalue weighted by molar-refractivity contribution is 0.171. The highest BCUT2D eigenvalue weighted by Crippen LogP contribution is 2.30. The SMILES string of the molecule is CCN=c1scc(-c2cccc(Br)c2)n1/N=C/c1ccc2c(c1)OCCO2. The van der Waals surface area contributed by atoms with Crippen LogP contribution in [0.2, 0.25) is 0 Å². The van der Waals surface area contributed by atoms with Crippen LogP contribution >= 0.6 is 27.3 Å². The van der Waals surface area contributed by atoms with Gasteiger partial charge in [0.05, 0.1) is 11.9 Å². The maximum atomic E-state index is 5.65. The Labute approximate surface area is 169 Å². The second-order valence-corrected chi connectivity index (χ2v) is 7.60. The van der Waals surface area contributed by atoms with Gasteiger partial charge in [-0.05, 0) is 42.8 Å². The van der Waals surface area contributed by atoms with Crippen LogP contribution in [0.3, 0.4) is 0 Å². The molecule has 3 aromatic rings. The zero-order valence-corrected chi connectivity index (χ0v) is 17.2. The van der Waals surface area contributed by atoms with Crippen molar-refractivity contribution in [2.24, 2.45) is 10.1 Å². The van der Waals surface area contributed by atoms with E-state index in [2.05, 4.69) is 38.4 Å². The van der Waals surface area contributed by atoms with Crippen molar-refractivity contribution in [1.82, 2.24) is 4.68 Å². The van der Waals surface area contributed by atoms with Gasteiger partial charge in [-0.2, -0.15) is 5.10 Å². The number of nitrogens with zero attached hydrogens (tertiary/aromatic N) is 3. The summed E-state index contributed by atoms with van der Waals surface area (Å²) >= 11 is 5.12. The lowest BCUT2D eigenvalue weighted by atomic mass is 10.2. The third-order valence-corrected chi connectivity index (χ3v) is 5.33. The zero-order valence-electron chi connectivity index (χ0n) is 14.8. The van der Waals surface area contributed by atoms with Gasteiger partial charge >= 0.3 is 0 Å². The highest BCUT2D eigenvalue weighted by atomic mass is 79.9. The molecule has 0 atom stereocenters. The summed E-state index contributed by atoms with van der Waals surface area (Å²) in [6.07, 6.45) is 1.82. The summed E-state index contributed by atoms with van der Waals surface area (Å²) in [6, 6.07) is 14.0. The van der Waals surface area contributed by atoms with Gasteiger partial charge < -0.3 is 9.47 Å². The predicted octanol–water partition coefficient (Wildman–Crippen LogP) is 4.55. The Kier molecular flexibility index (Phi) is 5.40. The molecule has 1 aromatic heterocycles. The standard InChI is InChI=1S/C20H18BrN3O2S/c1-2-22-20-24(17(13-27-20)15-4-3-5-16(21)11-15)23-12-14-6-7-18-19(10-14)26-9-8-25-18/h3-7,10-13H,2,8-9H2,1H3/b22-20?,23-12+. The van der Waals surface area contributed by atoms with Crippen LogP contribution in [-0.4, -0.2) is 30.6 Å². The minimum absolute atomic E-state index is 0.569. The first-order chi connectivity index (χ1) is 13.2. The van der Waals surface area contributed by atoms with Crippen molar-refractivity contribution in [2.45, 2.75) is 6.92 Å². The van der Waals surface area contributed by atoms with E-state index in [0.717, 1.165) is 37.6 Å². The molecular weight excluding hydrogens is 426 g/mol. The maximum absolute atomic E-state index is 5.65. The molecule has 138 valence electrons. The normalized spacial score (nSPS) is 14.1. The van der Waals surface area contributed by atoms with Gasteiger partial charge in [-0.3, -0.25) is 4.99 Å². The first-order valence-electron chi connectivity index (χ1n) is 8.65. The summed E-state index contributed by atoms with van der Waals surface area (Å²) in [5, 5.41) is 6.79. The van der Waals surface area contributed by atoms with Gasteiger partial charge in [0.1, 0.15) is 13.2 Å². The summed E-state index contributed by atoms with van der Waals surface area (Å²) in [7, 11) is 0. The Morgan fingerprint density at radius 2 is 2.00 bits per heavy atom. The van der Waals surface area contributed by atoms with Gasteiger partial charge in [-0.1, -0.05) is 28.1 Å². The summed E-state index contributed by atoms with van der Waals surface area (Å²) in [5.41, 5.74) is 3.03. The van der Waals surface area contributed by atoms with Crippen LogP contribution in [0, 0.1) is 0 Å². The topological polar surface area (TPSA) is 48.1 Å². The van der Waals surface area contributed by atoms with E-state index in [4.69, 9.17) is 14.6 Å². The predicted molar refractivity (Wildman–Crippen MR) is 112 cm³/mol. The fourth-order valence-electron chi connectivity index (χ4n) is 2.77. The molecule has 2 aromatic carbocycles. The molecule has 2 heterocycles. The number of rotatable bonds is 4. The average Bonchev–Trinajstić information content (AvgIpc) is 3.09. The van der Waals surface area contributed by atoms with E-state index < -0.39 is 0 Å². The molecule has 1 aliphatic heterocycles. The van der Waals surface area contributed by atoms with Crippen molar-refractivity contribution in [2.75, 3.05) is 19.8 Å². The third-order valence-electron chi connectivity index (χ3n) is 3.99. The van der Waals surface area contributed by atoms with Crippen LogP contribution < -0.4 is 14.3 Å². The molecule has 0 aliphatic carbocycles. The van der Waals surface area contributed by atoms with Gasteiger partial charge in [0.2, 0.25) is 4.80 Å². The molecule has 5 nitrogen and oxygen atoms in total. The molecule has 4 rings (SSSR count). The van der Waals surface area contributed by atoms with E-state index in [1.54, 1.807) is 11.3 Å². The van der Waals surface area contributed by atoms with E-state index in [1.807, 2.05) is 48.1 Å². The van der Waals surface area contributed by atoms with E-state index in [0.29, 0.717) is 19.8 Å². The fraction of sp³-hybridized carbons (Fsp3) is 0.200. The summed E-state index contributed by atoms with van der Waals surface area (Å²) in [4.78, 5) is 5.43. The maximum Gasteiger partial charge on any atom is 0.206 e. The molecule has 0 saturated heterocycles. The van der Waals surface area contributed by atoms with E-state index >= 15 is 0 Å². The first-order valence-corrected chi connectivity index (χ1v) is 10.3.